The summed E-state index contributed by atoms with van der Waals surface area (Å²) >= 11 is 0. The minimum absolute atomic E-state index is 0.185. The molecule has 164 valence electrons. The van der Waals surface area contributed by atoms with E-state index in [-0.39, 0.29) is 17.9 Å². The quantitative estimate of drug-likeness (QED) is 0.393. The Hall–Kier alpha value is -4.45. The van der Waals surface area contributed by atoms with Crippen molar-refractivity contribution in [3.63, 3.8) is 0 Å². The van der Waals surface area contributed by atoms with Gasteiger partial charge in [0.15, 0.2) is 0 Å². The van der Waals surface area contributed by atoms with Crippen LogP contribution in [0, 0.1) is 0 Å². The van der Waals surface area contributed by atoms with Crippen molar-refractivity contribution >= 4 is 17.5 Å². The lowest BCUT2D eigenvalue weighted by Crippen LogP contribution is -2.26. The molecule has 0 saturated carbocycles. The molecule has 0 aliphatic rings. The molecule has 2 N–H and O–H groups in total. The molecular weight excluding hydrogens is 414 g/mol. The summed E-state index contributed by atoms with van der Waals surface area (Å²) in [7, 11) is 0. The van der Waals surface area contributed by atoms with Crippen molar-refractivity contribution in [2.75, 3.05) is 5.32 Å². The lowest BCUT2D eigenvalue weighted by atomic mass is 10.1. The second-order valence-electron chi connectivity index (χ2n) is 7.45. The number of pyridine rings is 1. The Kier molecular flexibility index (Phi) is 6.75. The third-order valence-corrected chi connectivity index (χ3v) is 5.01. The summed E-state index contributed by atoms with van der Waals surface area (Å²) < 4.78 is 5.79. The molecule has 3 aromatic carbocycles. The number of aromatic nitrogens is 1. The zero-order valence-electron chi connectivity index (χ0n) is 18.1. The van der Waals surface area contributed by atoms with Gasteiger partial charge in [0.25, 0.3) is 11.8 Å². The van der Waals surface area contributed by atoms with Gasteiger partial charge in [0.2, 0.25) is 0 Å². The Morgan fingerprint density at radius 2 is 1.48 bits per heavy atom. The maximum Gasteiger partial charge on any atom is 0.255 e. The van der Waals surface area contributed by atoms with Gasteiger partial charge in [-0.25, -0.2) is 0 Å². The molecule has 1 atom stereocenters. The van der Waals surface area contributed by atoms with Crippen LogP contribution in [-0.4, -0.2) is 16.8 Å². The van der Waals surface area contributed by atoms with E-state index in [0.29, 0.717) is 28.3 Å². The summed E-state index contributed by atoms with van der Waals surface area (Å²) in [6, 6.07) is 26.7. The molecule has 4 rings (SSSR count). The molecule has 0 spiro atoms. The van der Waals surface area contributed by atoms with Crippen LogP contribution in [0.3, 0.4) is 0 Å². The lowest BCUT2D eigenvalue weighted by molar-refractivity contribution is 0.0938. The van der Waals surface area contributed by atoms with Crippen LogP contribution in [0.4, 0.5) is 5.69 Å². The van der Waals surface area contributed by atoms with E-state index in [2.05, 4.69) is 15.6 Å². The molecular formula is C27H23N3O3. The molecule has 4 aromatic rings. The van der Waals surface area contributed by atoms with Gasteiger partial charge in [-0.1, -0.05) is 36.4 Å². The van der Waals surface area contributed by atoms with Gasteiger partial charge in [-0.05, 0) is 67.1 Å². The number of nitrogens with one attached hydrogen (secondary N) is 2. The van der Waals surface area contributed by atoms with Crippen molar-refractivity contribution in [1.82, 2.24) is 10.3 Å². The van der Waals surface area contributed by atoms with E-state index in [1.54, 1.807) is 60.9 Å². The van der Waals surface area contributed by atoms with E-state index in [1.165, 1.54) is 0 Å². The molecule has 2 amide bonds. The van der Waals surface area contributed by atoms with Crippen LogP contribution in [-0.2, 0) is 0 Å². The smallest absolute Gasteiger partial charge is 0.255 e. The Labute approximate surface area is 192 Å². The van der Waals surface area contributed by atoms with Crippen LogP contribution in [0.25, 0.3) is 0 Å². The van der Waals surface area contributed by atoms with Crippen molar-refractivity contribution in [2.24, 2.45) is 0 Å². The second-order valence-corrected chi connectivity index (χ2v) is 7.45. The third kappa shape index (κ3) is 5.83. The van der Waals surface area contributed by atoms with Gasteiger partial charge in [-0.3, -0.25) is 14.6 Å². The predicted octanol–water partition coefficient (Wildman–Crippen LogP) is 5.62. The van der Waals surface area contributed by atoms with E-state index in [1.807, 2.05) is 49.4 Å². The van der Waals surface area contributed by atoms with Gasteiger partial charge in [0, 0.05) is 29.2 Å². The minimum atomic E-state index is -0.268. The normalized spacial score (nSPS) is 11.3. The average molecular weight is 437 g/mol. The molecule has 0 aliphatic heterocycles. The number of rotatable bonds is 7. The number of nitrogens with zero attached hydrogens (tertiary/aromatic N) is 1. The number of carbonyl (C=O) groups is 2. The summed E-state index contributed by atoms with van der Waals surface area (Å²) in [4.78, 5) is 29.2. The van der Waals surface area contributed by atoms with Gasteiger partial charge in [-0.15, -0.1) is 0 Å². The molecule has 33 heavy (non-hydrogen) atoms. The number of amides is 2. The van der Waals surface area contributed by atoms with Gasteiger partial charge in [0.05, 0.1) is 6.04 Å². The number of hydrogen-bond acceptors (Lipinski definition) is 4. The fourth-order valence-corrected chi connectivity index (χ4v) is 3.29. The van der Waals surface area contributed by atoms with Crippen LogP contribution in [0.2, 0.25) is 0 Å². The topological polar surface area (TPSA) is 80.3 Å². The molecule has 0 saturated heterocycles. The highest BCUT2D eigenvalue weighted by Crippen LogP contribution is 2.23. The molecule has 0 aliphatic carbocycles. The van der Waals surface area contributed by atoms with E-state index in [4.69, 9.17) is 4.74 Å². The summed E-state index contributed by atoms with van der Waals surface area (Å²) in [6.07, 6.45) is 3.29. The molecule has 6 nitrogen and oxygen atoms in total. The standard InChI is InChI=1S/C27H23N3O3/c1-19(21-9-5-11-23(17-21)30-26(31)20-7-3-2-4-8-20)29-27(32)22-10-6-12-25(18-22)33-24-13-15-28-16-14-24/h2-19H,1H3,(H,29,32)(H,30,31). The molecule has 0 bridgehead atoms. The maximum absolute atomic E-state index is 12.8. The van der Waals surface area contributed by atoms with E-state index < -0.39 is 0 Å². The predicted molar refractivity (Wildman–Crippen MR) is 127 cm³/mol. The number of benzene rings is 3. The summed E-state index contributed by atoms with van der Waals surface area (Å²) in [6.45, 7) is 1.90. The first-order chi connectivity index (χ1) is 16.1. The van der Waals surface area contributed by atoms with Crippen molar-refractivity contribution in [2.45, 2.75) is 13.0 Å². The van der Waals surface area contributed by atoms with Crippen LogP contribution in [0.5, 0.6) is 11.5 Å². The van der Waals surface area contributed by atoms with E-state index in [0.717, 1.165) is 5.56 Å². The zero-order valence-corrected chi connectivity index (χ0v) is 18.1. The summed E-state index contributed by atoms with van der Waals surface area (Å²) in [5, 5.41) is 5.90. The Morgan fingerprint density at radius 1 is 0.758 bits per heavy atom. The number of hydrogen-bond donors (Lipinski definition) is 2. The third-order valence-electron chi connectivity index (χ3n) is 5.01. The molecule has 0 fully saturated rings. The van der Waals surface area contributed by atoms with Crippen LogP contribution in [0.15, 0.2) is 103 Å². The van der Waals surface area contributed by atoms with Gasteiger partial charge in [0.1, 0.15) is 11.5 Å². The number of anilines is 1. The minimum Gasteiger partial charge on any atom is -0.457 e. The first-order valence-corrected chi connectivity index (χ1v) is 10.5. The van der Waals surface area contributed by atoms with Crippen LogP contribution >= 0.6 is 0 Å². The summed E-state index contributed by atoms with van der Waals surface area (Å²) in [5.74, 6) is 0.800. The van der Waals surface area contributed by atoms with Crippen LogP contribution < -0.4 is 15.4 Å². The summed E-state index contributed by atoms with van der Waals surface area (Å²) in [5.41, 5.74) is 2.61. The van der Waals surface area contributed by atoms with E-state index in [9.17, 15) is 9.59 Å². The number of carbonyl (C=O) groups excluding carboxylic acids is 2. The first-order valence-electron chi connectivity index (χ1n) is 10.5. The van der Waals surface area contributed by atoms with Crippen molar-refractivity contribution < 1.29 is 14.3 Å². The Balaban J connectivity index is 1.41. The monoisotopic (exact) mass is 437 g/mol. The van der Waals surface area contributed by atoms with Crippen molar-refractivity contribution in [3.05, 3.63) is 120 Å². The van der Waals surface area contributed by atoms with Crippen molar-refractivity contribution in [1.29, 1.82) is 0 Å². The van der Waals surface area contributed by atoms with E-state index >= 15 is 0 Å². The van der Waals surface area contributed by atoms with Gasteiger partial charge in [-0.2, -0.15) is 0 Å². The molecule has 0 radical (unpaired) electrons. The highest BCUT2D eigenvalue weighted by Gasteiger charge is 2.14. The average Bonchev–Trinajstić information content (AvgIpc) is 2.85. The molecule has 1 heterocycles. The fourth-order valence-electron chi connectivity index (χ4n) is 3.29. The molecule has 1 unspecified atom stereocenters. The lowest BCUT2D eigenvalue weighted by Gasteiger charge is -2.16. The largest absolute Gasteiger partial charge is 0.457 e. The van der Waals surface area contributed by atoms with Crippen molar-refractivity contribution in [3.8, 4) is 11.5 Å². The first kappa shape index (κ1) is 21.8. The highest BCUT2D eigenvalue weighted by molar-refractivity contribution is 6.04. The maximum atomic E-state index is 12.8. The number of ether oxygens (including phenoxy) is 1. The van der Waals surface area contributed by atoms with Gasteiger partial charge >= 0.3 is 0 Å². The van der Waals surface area contributed by atoms with Crippen LogP contribution in [0.1, 0.15) is 39.2 Å². The fraction of sp³-hybridized carbons (Fsp3) is 0.0741. The SMILES string of the molecule is CC(NC(=O)c1cccc(Oc2ccncc2)c1)c1cccc(NC(=O)c2ccccc2)c1. The second kappa shape index (κ2) is 10.2. The highest BCUT2D eigenvalue weighted by atomic mass is 16.5. The van der Waals surface area contributed by atoms with Gasteiger partial charge < -0.3 is 15.4 Å². The molecule has 1 aromatic heterocycles. The Bertz CT molecular complexity index is 1240. The molecule has 6 heteroatoms. The Morgan fingerprint density at radius 3 is 2.27 bits per heavy atom. The zero-order chi connectivity index (χ0) is 23.0.